The molecule has 2 nitrogen and oxygen atoms in total. The molecule has 0 saturated heterocycles. The number of aromatic hydroxyl groups is 1. The molecule has 1 heterocycles. The van der Waals surface area contributed by atoms with E-state index in [4.69, 9.17) is 4.74 Å². The molecule has 0 unspecified atom stereocenters. The summed E-state index contributed by atoms with van der Waals surface area (Å²) in [6.45, 7) is 4.57. The Morgan fingerprint density at radius 1 is 1.18 bits per heavy atom. The lowest BCUT2D eigenvalue weighted by Crippen LogP contribution is -1.94. The minimum atomic E-state index is 0.280. The summed E-state index contributed by atoms with van der Waals surface area (Å²) in [4.78, 5) is 2.58. The highest BCUT2D eigenvalue weighted by molar-refractivity contribution is 7.11. The van der Waals surface area contributed by atoms with Crippen molar-refractivity contribution in [3.05, 3.63) is 45.6 Å². The van der Waals surface area contributed by atoms with Gasteiger partial charge >= 0.3 is 0 Å². The van der Waals surface area contributed by atoms with Gasteiger partial charge in [0.15, 0.2) is 0 Å². The monoisotopic (exact) mass is 248 g/mol. The van der Waals surface area contributed by atoms with Gasteiger partial charge in [-0.1, -0.05) is 13.0 Å². The number of phenols is 1. The van der Waals surface area contributed by atoms with E-state index in [0.29, 0.717) is 6.61 Å². The Morgan fingerprint density at radius 2 is 1.94 bits per heavy atom. The van der Waals surface area contributed by atoms with Gasteiger partial charge in [-0.3, -0.25) is 0 Å². The quantitative estimate of drug-likeness (QED) is 0.889. The summed E-state index contributed by atoms with van der Waals surface area (Å²) in [5.41, 5.74) is 0.791. The lowest BCUT2D eigenvalue weighted by Gasteiger charge is -2.08. The maximum Gasteiger partial charge on any atom is 0.126 e. The summed E-state index contributed by atoms with van der Waals surface area (Å²) < 4.78 is 5.71. The third-order valence-corrected chi connectivity index (χ3v) is 3.89. The number of phenolic OH excluding ortho intramolecular Hbond substituents is 1. The lowest BCUT2D eigenvalue weighted by atomic mass is 10.2. The van der Waals surface area contributed by atoms with Crippen molar-refractivity contribution in [3.63, 3.8) is 0 Å². The van der Waals surface area contributed by atoms with Gasteiger partial charge in [0.2, 0.25) is 0 Å². The molecule has 0 aliphatic rings. The second-order valence-corrected chi connectivity index (χ2v) is 5.16. The molecule has 2 rings (SSSR count). The van der Waals surface area contributed by atoms with Gasteiger partial charge in [-0.15, -0.1) is 11.3 Å². The van der Waals surface area contributed by atoms with Gasteiger partial charge in [-0.25, -0.2) is 0 Å². The van der Waals surface area contributed by atoms with E-state index in [1.807, 2.05) is 13.0 Å². The zero-order valence-corrected chi connectivity index (χ0v) is 10.9. The summed E-state index contributed by atoms with van der Waals surface area (Å²) in [6, 6.07) is 9.58. The number of benzene rings is 1. The fourth-order valence-corrected chi connectivity index (χ4v) is 2.47. The zero-order chi connectivity index (χ0) is 12.3. The molecule has 0 aliphatic carbocycles. The maximum absolute atomic E-state index is 9.56. The summed E-state index contributed by atoms with van der Waals surface area (Å²) in [7, 11) is 0. The van der Waals surface area contributed by atoms with Crippen LogP contribution in [0.15, 0.2) is 30.3 Å². The average molecular weight is 248 g/mol. The van der Waals surface area contributed by atoms with E-state index in [1.165, 1.54) is 9.75 Å². The molecule has 90 valence electrons. The van der Waals surface area contributed by atoms with E-state index in [1.54, 1.807) is 23.5 Å². The van der Waals surface area contributed by atoms with E-state index < -0.39 is 0 Å². The number of thiophene rings is 1. The van der Waals surface area contributed by atoms with Crippen LogP contribution in [-0.4, -0.2) is 5.11 Å². The Kier molecular flexibility index (Phi) is 3.69. The van der Waals surface area contributed by atoms with Gasteiger partial charge in [0.1, 0.15) is 18.1 Å². The number of hydrogen-bond acceptors (Lipinski definition) is 3. The van der Waals surface area contributed by atoms with Crippen molar-refractivity contribution in [2.75, 3.05) is 0 Å². The molecule has 1 aromatic heterocycles. The Labute approximate surface area is 105 Å². The second-order valence-electron chi connectivity index (χ2n) is 3.91. The largest absolute Gasteiger partial charge is 0.508 e. The summed E-state index contributed by atoms with van der Waals surface area (Å²) >= 11 is 1.77. The molecular weight excluding hydrogens is 232 g/mol. The highest BCUT2D eigenvalue weighted by Gasteiger charge is 2.05. The van der Waals surface area contributed by atoms with Crippen LogP contribution >= 0.6 is 11.3 Å². The van der Waals surface area contributed by atoms with Crippen molar-refractivity contribution in [2.24, 2.45) is 0 Å². The van der Waals surface area contributed by atoms with E-state index in [0.717, 1.165) is 17.7 Å². The van der Waals surface area contributed by atoms with Gasteiger partial charge in [0, 0.05) is 15.3 Å². The number of hydrogen-bond donors (Lipinski definition) is 1. The van der Waals surface area contributed by atoms with Crippen molar-refractivity contribution < 1.29 is 9.84 Å². The first-order chi connectivity index (χ1) is 8.20. The van der Waals surface area contributed by atoms with Crippen molar-refractivity contribution in [3.8, 4) is 11.5 Å². The molecule has 0 spiro atoms. The predicted octanol–water partition coefficient (Wildman–Crippen LogP) is 3.90. The molecule has 17 heavy (non-hydrogen) atoms. The fraction of sp³-hybridized carbons (Fsp3) is 0.286. The molecule has 0 amide bonds. The molecule has 0 bridgehead atoms. The van der Waals surface area contributed by atoms with Crippen LogP contribution in [-0.2, 0) is 13.0 Å². The first-order valence-electron chi connectivity index (χ1n) is 5.69. The first kappa shape index (κ1) is 12.0. The van der Waals surface area contributed by atoms with Gasteiger partial charge in [0.05, 0.1) is 0 Å². The zero-order valence-electron chi connectivity index (χ0n) is 10.1. The number of rotatable bonds is 4. The minimum absolute atomic E-state index is 0.280. The topological polar surface area (TPSA) is 29.5 Å². The predicted molar refractivity (Wildman–Crippen MR) is 70.9 cm³/mol. The SMILES string of the molecule is CCc1ccc(COc2cccc(O)c2C)s1. The number of aryl methyl sites for hydroxylation is 1. The maximum atomic E-state index is 9.56. The van der Waals surface area contributed by atoms with Crippen LogP contribution < -0.4 is 4.74 Å². The summed E-state index contributed by atoms with van der Waals surface area (Å²) in [6.07, 6.45) is 1.07. The van der Waals surface area contributed by atoms with Crippen molar-refractivity contribution in [1.29, 1.82) is 0 Å². The molecule has 2 aromatic rings. The van der Waals surface area contributed by atoms with Crippen LogP contribution in [0.25, 0.3) is 0 Å². The Morgan fingerprint density at radius 3 is 2.65 bits per heavy atom. The molecular formula is C14H16O2S. The van der Waals surface area contributed by atoms with Gasteiger partial charge in [-0.05, 0) is 37.6 Å². The van der Waals surface area contributed by atoms with Gasteiger partial charge in [0.25, 0.3) is 0 Å². The molecule has 0 atom stereocenters. The second kappa shape index (κ2) is 5.23. The molecule has 0 saturated carbocycles. The molecule has 1 aromatic carbocycles. The summed E-state index contributed by atoms with van der Waals surface area (Å²) in [5, 5.41) is 9.56. The van der Waals surface area contributed by atoms with E-state index >= 15 is 0 Å². The molecule has 0 aliphatic heterocycles. The number of ether oxygens (including phenoxy) is 1. The fourth-order valence-electron chi connectivity index (χ4n) is 1.60. The van der Waals surface area contributed by atoms with Gasteiger partial charge in [-0.2, -0.15) is 0 Å². The molecule has 0 fully saturated rings. The first-order valence-corrected chi connectivity index (χ1v) is 6.51. The smallest absolute Gasteiger partial charge is 0.126 e. The molecule has 1 N–H and O–H groups in total. The lowest BCUT2D eigenvalue weighted by molar-refractivity contribution is 0.305. The molecule has 0 radical (unpaired) electrons. The van der Waals surface area contributed by atoms with Crippen molar-refractivity contribution in [1.82, 2.24) is 0 Å². The van der Waals surface area contributed by atoms with E-state index in [9.17, 15) is 5.11 Å². The van der Waals surface area contributed by atoms with E-state index in [-0.39, 0.29) is 5.75 Å². The van der Waals surface area contributed by atoms with Crippen LogP contribution in [0.3, 0.4) is 0 Å². The van der Waals surface area contributed by atoms with Crippen LogP contribution in [0.5, 0.6) is 11.5 Å². The van der Waals surface area contributed by atoms with Gasteiger partial charge < -0.3 is 9.84 Å². The van der Waals surface area contributed by atoms with Crippen LogP contribution in [0, 0.1) is 6.92 Å². The van der Waals surface area contributed by atoms with Crippen molar-refractivity contribution >= 4 is 11.3 Å². The van der Waals surface area contributed by atoms with Crippen molar-refractivity contribution in [2.45, 2.75) is 26.9 Å². The normalized spacial score (nSPS) is 10.5. The van der Waals surface area contributed by atoms with E-state index in [2.05, 4.69) is 19.1 Å². The average Bonchev–Trinajstić information content (AvgIpc) is 2.79. The van der Waals surface area contributed by atoms with Crippen LogP contribution in [0.2, 0.25) is 0 Å². The Bertz CT molecular complexity index is 503. The highest BCUT2D eigenvalue weighted by Crippen LogP contribution is 2.27. The highest BCUT2D eigenvalue weighted by atomic mass is 32.1. The third kappa shape index (κ3) is 2.80. The van der Waals surface area contributed by atoms with Crippen LogP contribution in [0.4, 0.5) is 0 Å². The minimum Gasteiger partial charge on any atom is -0.508 e. The Hall–Kier alpha value is -1.48. The van der Waals surface area contributed by atoms with Crippen LogP contribution in [0.1, 0.15) is 22.2 Å². The standard InChI is InChI=1S/C14H16O2S/c1-3-11-7-8-12(17-11)9-16-14-6-4-5-13(15)10(14)2/h4-8,15H,3,9H2,1-2H3. The molecule has 3 heteroatoms. The third-order valence-electron chi connectivity index (χ3n) is 2.69. The summed E-state index contributed by atoms with van der Waals surface area (Å²) in [5.74, 6) is 1.03. The Balaban J connectivity index is 2.04.